The van der Waals surface area contributed by atoms with Crippen LogP contribution in [0.5, 0.6) is 0 Å². The van der Waals surface area contributed by atoms with Gasteiger partial charge in [0.25, 0.3) is 5.56 Å². The molecule has 0 amide bonds. The van der Waals surface area contributed by atoms with Crippen molar-refractivity contribution >= 4 is 23.4 Å². The number of nitrogens with one attached hydrogen (secondary N) is 1. The first-order valence-corrected chi connectivity index (χ1v) is 7.80. The number of para-hydroxylation sites is 1. The zero-order valence-electron chi connectivity index (χ0n) is 13.1. The number of H-pyrrole nitrogens is 1. The van der Waals surface area contributed by atoms with Crippen LogP contribution in [0.2, 0.25) is 5.02 Å². The van der Waals surface area contributed by atoms with Gasteiger partial charge in [-0.25, -0.2) is 4.68 Å². The van der Waals surface area contributed by atoms with Crippen molar-refractivity contribution in [3.63, 3.8) is 0 Å². The third-order valence-corrected chi connectivity index (χ3v) is 3.81. The Bertz CT molecular complexity index is 933. The average molecular weight is 338 g/mol. The van der Waals surface area contributed by atoms with E-state index in [1.807, 2.05) is 66.5 Å². The number of hydrogen-bond donors (Lipinski definition) is 1. The highest BCUT2D eigenvalue weighted by Gasteiger charge is 2.04. The van der Waals surface area contributed by atoms with Crippen LogP contribution in [0.4, 0.5) is 5.69 Å². The molecule has 2 aromatic carbocycles. The summed E-state index contributed by atoms with van der Waals surface area (Å²) in [6, 6.07) is 16.9. The molecule has 0 aliphatic rings. The standard InChI is InChI=1S/C19H16ClN3O/c1-22(17-11-9-16(20)10-12-17)13-5-6-15-14-21-23(19(15)24)18-7-3-2-4-8-18/h2-4,6-14,21H,1H3. The first-order valence-electron chi connectivity index (χ1n) is 7.42. The Hall–Kier alpha value is -2.94. The summed E-state index contributed by atoms with van der Waals surface area (Å²) in [6.45, 7) is 0. The van der Waals surface area contributed by atoms with Gasteiger partial charge in [-0.3, -0.25) is 9.89 Å². The van der Waals surface area contributed by atoms with Crippen molar-refractivity contribution < 1.29 is 0 Å². The third-order valence-electron chi connectivity index (χ3n) is 3.55. The molecule has 0 bridgehead atoms. The number of aromatic amines is 1. The molecule has 3 rings (SSSR count). The van der Waals surface area contributed by atoms with Crippen LogP contribution < -0.4 is 10.5 Å². The molecule has 5 heteroatoms. The van der Waals surface area contributed by atoms with Gasteiger partial charge < -0.3 is 4.90 Å². The predicted molar refractivity (Wildman–Crippen MR) is 98.8 cm³/mol. The number of hydrogen-bond acceptors (Lipinski definition) is 2. The summed E-state index contributed by atoms with van der Waals surface area (Å²) in [5.74, 6) is 0. The Kier molecular flexibility index (Phi) is 4.71. The molecule has 0 radical (unpaired) electrons. The molecule has 0 saturated heterocycles. The van der Waals surface area contributed by atoms with Gasteiger partial charge in [0.2, 0.25) is 0 Å². The lowest BCUT2D eigenvalue weighted by atomic mass is 10.3. The number of nitrogens with zero attached hydrogens (tertiary/aromatic N) is 2. The molecule has 24 heavy (non-hydrogen) atoms. The highest BCUT2D eigenvalue weighted by molar-refractivity contribution is 6.30. The minimum Gasteiger partial charge on any atom is -0.344 e. The van der Waals surface area contributed by atoms with Gasteiger partial charge in [-0.05, 0) is 42.5 Å². The lowest BCUT2D eigenvalue weighted by Gasteiger charge is -2.12. The lowest BCUT2D eigenvalue weighted by Crippen LogP contribution is -2.15. The zero-order chi connectivity index (χ0) is 16.9. The van der Waals surface area contributed by atoms with Crippen LogP contribution >= 0.6 is 11.6 Å². The van der Waals surface area contributed by atoms with E-state index in [4.69, 9.17) is 11.6 Å². The zero-order valence-corrected chi connectivity index (χ0v) is 13.9. The second kappa shape index (κ2) is 7.09. The van der Waals surface area contributed by atoms with Gasteiger partial charge in [-0.2, -0.15) is 0 Å². The average Bonchev–Trinajstić information content (AvgIpc) is 2.97. The molecule has 4 nitrogen and oxygen atoms in total. The minimum atomic E-state index is -0.115. The van der Waals surface area contributed by atoms with Gasteiger partial charge in [-0.15, -0.1) is 5.73 Å². The summed E-state index contributed by atoms with van der Waals surface area (Å²) in [5.41, 5.74) is 5.23. The van der Waals surface area contributed by atoms with Crippen molar-refractivity contribution in [2.45, 2.75) is 0 Å². The SMILES string of the molecule is CN(C=C=Cc1c[nH]n(-c2ccccc2)c1=O)c1ccc(Cl)cc1. The number of rotatable bonds is 4. The highest BCUT2D eigenvalue weighted by Crippen LogP contribution is 2.16. The van der Waals surface area contributed by atoms with Crippen LogP contribution in [-0.4, -0.2) is 16.8 Å². The first kappa shape index (κ1) is 15.9. The van der Waals surface area contributed by atoms with Crippen molar-refractivity contribution in [2.75, 3.05) is 11.9 Å². The quantitative estimate of drug-likeness (QED) is 0.729. The van der Waals surface area contributed by atoms with E-state index in [0.29, 0.717) is 10.6 Å². The largest absolute Gasteiger partial charge is 0.344 e. The maximum Gasteiger partial charge on any atom is 0.279 e. The molecule has 0 atom stereocenters. The fraction of sp³-hybridized carbons (Fsp3) is 0.0526. The molecule has 3 aromatic rings. The Morgan fingerprint density at radius 1 is 1.12 bits per heavy atom. The Balaban J connectivity index is 1.81. The van der Waals surface area contributed by atoms with E-state index in [2.05, 4.69) is 10.8 Å². The van der Waals surface area contributed by atoms with Gasteiger partial charge >= 0.3 is 0 Å². The van der Waals surface area contributed by atoms with Crippen molar-refractivity contribution in [2.24, 2.45) is 0 Å². The van der Waals surface area contributed by atoms with Crippen molar-refractivity contribution in [1.82, 2.24) is 9.78 Å². The van der Waals surface area contributed by atoms with Crippen LogP contribution in [-0.2, 0) is 0 Å². The Morgan fingerprint density at radius 3 is 2.54 bits per heavy atom. The van der Waals surface area contributed by atoms with Gasteiger partial charge in [0.15, 0.2) is 0 Å². The number of anilines is 1. The lowest BCUT2D eigenvalue weighted by molar-refractivity contribution is 0.849. The second-order valence-electron chi connectivity index (χ2n) is 5.23. The summed E-state index contributed by atoms with van der Waals surface area (Å²) >= 11 is 5.88. The molecule has 1 N–H and O–H groups in total. The molecule has 0 spiro atoms. The molecule has 1 aromatic heterocycles. The molecule has 0 unspecified atom stereocenters. The van der Waals surface area contributed by atoms with Gasteiger partial charge in [0.05, 0.1) is 11.3 Å². The Labute approximate surface area is 144 Å². The summed E-state index contributed by atoms with van der Waals surface area (Å²) in [7, 11) is 1.91. The van der Waals surface area contributed by atoms with Crippen LogP contribution in [0.1, 0.15) is 5.56 Å². The first-order chi connectivity index (χ1) is 11.6. The minimum absolute atomic E-state index is 0.115. The molecular formula is C19H16ClN3O. The molecule has 1 heterocycles. The molecule has 0 aliphatic heterocycles. The normalized spacial score (nSPS) is 10.1. The summed E-state index contributed by atoms with van der Waals surface area (Å²) in [4.78, 5) is 14.3. The van der Waals surface area contributed by atoms with E-state index in [1.165, 1.54) is 4.68 Å². The molecule has 0 saturated carbocycles. The van der Waals surface area contributed by atoms with Crippen molar-refractivity contribution in [1.29, 1.82) is 0 Å². The fourth-order valence-electron chi connectivity index (χ4n) is 2.25. The summed E-state index contributed by atoms with van der Waals surface area (Å²) in [5, 5.41) is 3.65. The smallest absolute Gasteiger partial charge is 0.279 e. The van der Waals surface area contributed by atoms with Crippen LogP contribution in [0.3, 0.4) is 0 Å². The van der Waals surface area contributed by atoms with Gasteiger partial charge in [0.1, 0.15) is 0 Å². The summed E-state index contributed by atoms with van der Waals surface area (Å²) < 4.78 is 1.50. The third kappa shape index (κ3) is 3.51. The van der Waals surface area contributed by atoms with E-state index in [0.717, 1.165) is 11.4 Å². The van der Waals surface area contributed by atoms with E-state index in [9.17, 15) is 4.79 Å². The number of halogens is 1. The monoisotopic (exact) mass is 337 g/mol. The highest BCUT2D eigenvalue weighted by atomic mass is 35.5. The van der Waals surface area contributed by atoms with E-state index in [1.54, 1.807) is 18.5 Å². The maximum atomic E-state index is 12.4. The van der Waals surface area contributed by atoms with E-state index >= 15 is 0 Å². The summed E-state index contributed by atoms with van der Waals surface area (Å²) in [6.07, 6.45) is 5.09. The van der Waals surface area contributed by atoms with Crippen molar-refractivity contribution in [3.05, 3.63) is 93.7 Å². The molecule has 120 valence electrons. The van der Waals surface area contributed by atoms with Crippen molar-refractivity contribution in [3.8, 4) is 5.69 Å². The second-order valence-corrected chi connectivity index (χ2v) is 5.67. The van der Waals surface area contributed by atoms with Gasteiger partial charge in [-0.1, -0.05) is 29.8 Å². The van der Waals surface area contributed by atoms with Crippen LogP contribution in [0.15, 0.2) is 77.5 Å². The van der Waals surface area contributed by atoms with E-state index in [-0.39, 0.29) is 5.56 Å². The molecule has 0 fully saturated rings. The predicted octanol–water partition coefficient (Wildman–Crippen LogP) is 4.08. The molecule has 0 aliphatic carbocycles. The van der Waals surface area contributed by atoms with Gasteiger partial charge in [0, 0.05) is 30.2 Å². The maximum absolute atomic E-state index is 12.4. The van der Waals surface area contributed by atoms with E-state index < -0.39 is 0 Å². The number of benzene rings is 2. The number of aromatic nitrogens is 2. The topological polar surface area (TPSA) is 41.0 Å². The van der Waals surface area contributed by atoms with Crippen LogP contribution in [0.25, 0.3) is 11.8 Å². The fourth-order valence-corrected chi connectivity index (χ4v) is 2.37. The Morgan fingerprint density at radius 2 is 1.83 bits per heavy atom. The molecular weight excluding hydrogens is 322 g/mol. The van der Waals surface area contributed by atoms with Crippen LogP contribution in [0, 0.1) is 0 Å².